The summed E-state index contributed by atoms with van der Waals surface area (Å²) in [5, 5.41) is 0. The molecule has 2 amide bonds. The summed E-state index contributed by atoms with van der Waals surface area (Å²) < 4.78 is 5.39. The van der Waals surface area contributed by atoms with Crippen LogP contribution in [0.5, 0.6) is 0 Å². The molecule has 0 spiro atoms. The van der Waals surface area contributed by atoms with E-state index in [0.29, 0.717) is 19.4 Å². The van der Waals surface area contributed by atoms with Gasteiger partial charge in [0.2, 0.25) is 5.91 Å². The lowest BCUT2D eigenvalue weighted by Crippen LogP contribution is -2.50. The van der Waals surface area contributed by atoms with Crippen LogP contribution < -0.4 is 11.3 Å². The average Bonchev–Trinajstić information content (AvgIpc) is 2.34. The van der Waals surface area contributed by atoms with Crippen molar-refractivity contribution in [2.24, 2.45) is 11.8 Å². The van der Waals surface area contributed by atoms with E-state index in [2.05, 4.69) is 5.43 Å². The van der Waals surface area contributed by atoms with Crippen molar-refractivity contribution in [3.05, 3.63) is 0 Å². The molecule has 1 rings (SSSR count). The summed E-state index contributed by atoms with van der Waals surface area (Å²) in [4.78, 5) is 25.4. The van der Waals surface area contributed by atoms with E-state index in [-0.39, 0.29) is 24.0 Å². The van der Waals surface area contributed by atoms with Crippen molar-refractivity contribution in [1.29, 1.82) is 0 Å². The number of amides is 2. The van der Waals surface area contributed by atoms with E-state index < -0.39 is 5.60 Å². The largest absolute Gasteiger partial charge is 0.444 e. The lowest BCUT2D eigenvalue weighted by molar-refractivity contribution is -0.127. The second-order valence-electron chi connectivity index (χ2n) is 5.97. The van der Waals surface area contributed by atoms with Crippen molar-refractivity contribution < 1.29 is 14.3 Å². The van der Waals surface area contributed by atoms with Crippen LogP contribution in [-0.4, -0.2) is 35.1 Å². The number of likely N-dealkylation sites (tertiary alicyclic amines) is 1. The van der Waals surface area contributed by atoms with E-state index in [1.165, 1.54) is 0 Å². The molecule has 0 unspecified atom stereocenters. The Labute approximate surface area is 114 Å². The highest BCUT2D eigenvalue weighted by Crippen LogP contribution is 2.26. The van der Waals surface area contributed by atoms with Gasteiger partial charge in [-0.3, -0.25) is 10.2 Å². The standard InChI is InChI=1S/C13H25N3O3/c1-5-10-8-9(11(17)15-14)6-7-16(10)12(18)19-13(2,3)4/h9-10H,5-8,14H2,1-4H3,(H,15,17)/t9-,10-/m0/s1. The fourth-order valence-corrected chi connectivity index (χ4v) is 2.35. The topological polar surface area (TPSA) is 84.7 Å². The number of nitrogens with two attached hydrogens (primary N) is 1. The molecule has 110 valence electrons. The van der Waals surface area contributed by atoms with E-state index in [9.17, 15) is 9.59 Å². The first kappa shape index (κ1) is 15.8. The summed E-state index contributed by atoms with van der Waals surface area (Å²) in [6.07, 6.45) is 1.76. The third-order valence-corrected chi connectivity index (χ3v) is 3.33. The van der Waals surface area contributed by atoms with Crippen molar-refractivity contribution in [3.8, 4) is 0 Å². The SMILES string of the molecule is CC[C@H]1C[C@@H](C(=O)NN)CCN1C(=O)OC(C)(C)C. The Hall–Kier alpha value is -1.30. The number of hydrogen-bond donors (Lipinski definition) is 2. The van der Waals surface area contributed by atoms with Gasteiger partial charge in [-0.25, -0.2) is 10.6 Å². The highest BCUT2D eigenvalue weighted by atomic mass is 16.6. The first-order valence-electron chi connectivity index (χ1n) is 6.78. The molecule has 0 aromatic heterocycles. The Balaban J connectivity index is 2.67. The molecule has 1 aliphatic rings. The molecule has 0 aromatic rings. The monoisotopic (exact) mass is 271 g/mol. The Kier molecular flexibility index (Phi) is 5.17. The fourth-order valence-electron chi connectivity index (χ4n) is 2.35. The molecule has 1 heterocycles. The lowest BCUT2D eigenvalue weighted by Gasteiger charge is -2.39. The summed E-state index contributed by atoms with van der Waals surface area (Å²) in [6, 6.07) is 0.0332. The van der Waals surface area contributed by atoms with Gasteiger partial charge >= 0.3 is 6.09 Å². The summed E-state index contributed by atoms with van der Waals surface area (Å²) >= 11 is 0. The van der Waals surface area contributed by atoms with Crippen molar-refractivity contribution in [3.63, 3.8) is 0 Å². The van der Waals surface area contributed by atoms with E-state index in [0.717, 1.165) is 6.42 Å². The minimum absolute atomic E-state index is 0.0332. The number of hydrazine groups is 1. The third kappa shape index (κ3) is 4.38. The third-order valence-electron chi connectivity index (χ3n) is 3.33. The van der Waals surface area contributed by atoms with Gasteiger partial charge in [0.15, 0.2) is 0 Å². The van der Waals surface area contributed by atoms with Crippen molar-refractivity contribution in [2.45, 2.75) is 58.6 Å². The molecule has 0 radical (unpaired) electrons. The van der Waals surface area contributed by atoms with Gasteiger partial charge in [-0.2, -0.15) is 0 Å². The van der Waals surface area contributed by atoms with Crippen molar-refractivity contribution >= 4 is 12.0 Å². The van der Waals surface area contributed by atoms with Crippen LogP contribution in [0.15, 0.2) is 0 Å². The normalized spacial score (nSPS) is 23.9. The van der Waals surface area contributed by atoms with E-state index in [4.69, 9.17) is 10.6 Å². The molecule has 1 saturated heterocycles. The molecule has 0 saturated carbocycles. The molecule has 3 N–H and O–H groups in total. The minimum atomic E-state index is -0.499. The van der Waals surface area contributed by atoms with E-state index in [1.54, 1.807) is 4.90 Å². The fraction of sp³-hybridized carbons (Fsp3) is 0.846. The molecule has 1 fully saturated rings. The van der Waals surface area contributed by atoms with Crippen LogP contribution in [0.25, 0.3) is 0 Å². The zero-order chi connectivity index (χ0) is 14.6. The van der Waals surface area contributed by atoms with Gasteiger partial charge in [-0.1, -0.05) is 6.92 Å². The van der Waals surface area contributed by atoms with Gasteiger partial charge < -0.3 is 9.64 Å². The average molecular weight is 271 g/mol. The van der Waals surface area contributed by atoms with Crippen molar-refractivity contribution in [1.82, 2.24) is 10.3 Å². The molecule has 1 aliphatic heterocycles. The maximum absolute atomic E-state index is 12.1. The first-order valence-corrected chi connectivity index (χ1v) is 6.78. The molecule has 6 nitrogen and oxygen atoms in total. The zero-order valence-corrected chi connectivity index (χ0v) is 12.2. The molecule has 2 atom stereocenters. The number of rotatable bonds is 2. The maximum Gasteiger partial charge on any atom is 0.410 e. The van der Waals surface area contributed by atoms with Crippen LogP contribution in [0, 0.1) is 5.92 Å². The Morgan fingerprint density at radius 2 is 2.05 bits per heavy atom. The second-order valence-corrected chi connectivity index (χ2v) is 5.97. The zero-order valence-electron chi connectivity index (χ0n) is 12.2. The number of nitrogens with one attached hydrogen (secondary N) is 1. The summed E-state index contributed by atoms with van der Waals surface area (Å²) in [6.45, 7) is 8.08. The highest BCUT2D eigenvalue weighted by molar-refractivity contribution is 5.78. The predicted octanol–water partition coefficient (Wildman–Crippen LogP) is 1.40. The predicted molar refractivity (Wildman–Crippen MR) is 72.1 cm³/mol. The minimum Gasteiger partial charge on any atom is -0.444 e. The van der Waals surface area contributed by atoms with Crippen LogP contribution in [0.4, 0.5) is 4.79 Å². The molecule has 0 aromatic carbocycles. The Morgan fingerprint density at radius 3 is 2.53 bits per heavy atom. The maximum atomic E-state index is 12.1. The van der Waals surface area contributed by atoms with Crippen LogP contribution >= 0.6 is 0 Å². The summed E-state index contributed by atoms with van der Waals surface area (Å²) in [7, 11) is 0. The highest BCUT2D eigenvalue weighted by Gasteiger charge is 2.35. The quantitative estimate of drug-likeness (QED) is 0.452. The number of piperidine rings is 1. The Morgan fingerprint density at radius 1 is 1.42 bits per heavy atom. The van der Waals surface area contributed by atoms with Gasteiger partial charge in [0.1, 0.15) is 5.60 Å². The van der Waals surface area contributed by atoms with E-state index in [1.807, 2.05) is 27.7 Å². The Bertz CT molecular complexity index is 339. The van der Waals surface area contributed by atoms with Gasteiger partial charge in [-0.15, -0.1) is 0 Å². The van der Waals surface area contributed by atoms with Crippen LogP contribution in [0.1, 0.15) is 47.0 Å². The van der Waals surface area contributed by atoms with Crippen LogP contribution in [-0.2, 0) is 9.53 Å². The molecular weight excluding hydrogens is 246 g/mol. The number of carbonyl (C=O) groups is 2. The first-order chi connectivity index (χ1) is 8.78. The van der Waals surface area contributed by atoms with Crippen LogP contribution in [0.2, 0.25) is 0 Å². The molecule has 0 bridgehead atoms. The summed E-state index contributed by atoms with van der Waals surface area (Å²) in [5.74, 6) is 4.90. The summed E-state index contributed by atoms with van der Waals surface area (Å²) in [5.41, 5.74) is 1.69. The number of hydrogen-bond acceptors (Lipinski definition) is 4. The van der Waals surface area contributed by atoms with Gasteiger partial charge in [0, 0.05) is 18.5 Å². The molecule has 0 aliphatic carbocycles. The molecule has 6 heteroatoms. The van der Waals surface area contributed by atoms with Gasteiger partial charge in [0.25, 0.3) is 0 Å². The van der Waals surface area contributed by atoms with Crippen molar-refractivity contribution in [2.75, 3.05) is 6.54 Å². The second kappa shape index (κ2) is 6.23. The smallest absolute Gasteiger partial charge is 0.410 e. The number of ether oxygens (including phenoxy) is 1. The van der Waals surface area contributed by atoms with E-state index >= 15 is 0 Å². The molecular formula is C13H25N3O3. The van der Waals surface area contributed by atoms with Gasteiger partial charge in [0.05, 0.1) is 0 Å². The lowest BCUT2D eigenvalue weighted by atomic mass is 9.89. The number of carbonyl (C=O) groups excluding carboxylic acids is 2. The van der Waals surface area contributed by atoms with Gasteiger partial charge in [-0.05, 0) is 40.0 Å². The molecule has 19 heavy (non-hydrogen) atoms. The van der Waals surface area contributed by atoms with Crippen LogP contribution in [0.3, 0.4) is 0 Å². The number of nitrogens with zero attached hydrogens (tertiary/aromatic N) is 1.